The van der Waals surface area contributed by atoms with Crippen LogP contribution in [0.1, 0.15) is 24.1 Å². The van der Waals surface area contributed by atoms with Gasteiger partial charge in [0.2, 0.25) is 0 Å². The van der Waals surface area contributed by atoms with E-state index in [9.17, 15) is 4.55 Å². The summed E-state index contributed by atoms with van der Waals surface area (Å²) in [4.78, 5) is 0. The summed E-state index contributed by atoms with van der Waals surface area (Å²) in [6.45, 7) is 5.86. The van der Waals surface area contributed by atoms with E-state index in [1.807, 2.05) is 23.6 Å². The van der Waals surface area contributed by atoms with Gasteiger partial charge in [0.05, 0.1) is 30.1 Å². The summed E-state index contributed by atoms with van der Waals surface area (Å²) in [5, 5.41) is 4.40. The molecular weight excluding hydrogens is 300 g/mol. The molecule has 118 valence electrons. The van der Waals surface area contributed by atoms with Crippen LogP contribution in [0.25, 0.3) is 11.3 Å². The topological polar surface area (TPSA) is 58.8 Å². The van der Waals surface area contributed by atoms with Gasteiger partial charge in [-0.25, -0.2) is 4.52 Å². The number of ether oxygens (including phenoxy) is 2. The molecule has 2 aromatic heterocycles. The monoisotopic (exact) mass is 320 g/mol. The Balaban J connectivity index is 1.86. The third-order valence-corrected chi connectivity index (χ3v) is 5.43. The van der Waals surface area contributed by atoms with E-state index in [4.69, 9.17) is 9.47 Å². The number of pyridine rings is 1. The fourth-order valence-electron chi connectivity index (χ4n) is 2.68. The summed E-state index contributed by atoms with van der Waals surface area (Å²) in [6.07, 6.45) is 3.57. The summed E-state index contributed by atoms with van der Waals surface area (Å²) in [5.74, 6) is 2.87. The largest absolute Gasteiger partial charge is 0.616 e. The van der Waals surface area contributed by atoms with Crippen LogP contribution in [0.5, 0.6) is 5.75 Å². The van der Waals surface area contributed by atoms with Gasteiger partial charge in [-0.15, -0.1) is 0 Å². The van der Waals surface area contributed by atoms with E-state index in [0.717, 1.165) is 46.9 Å². The van der Waals surface area contributed by atoms with E-state index in [0.29, 0.717) is 5.76 Å². The van der Waals surface area contributed by atoms with E-state index >= 15 is 0 Å². The zero-order valence-corrected chi connectivity index (χ0v) is 13.7. The zero-order chi connectivity index (χ0) is 15.7. The second-order valence-electron chi connectivity index (χ2n) is 5.43. The number of rotatable bonds is 4. The Hall–Kier alpha value is -1.66. The molecule has 1 aliphatic heterocycles. The van der Waals surface area contributed by atoms with Gasteiger partial charge in [-0.3, -0.25) is 0 Å². The Morgan fingerprint density at radius 3 is 2.82 bits per heavy atom. The maximum atomic E-state index is 11.4. The average Bonchev–Trinajstić information content (AvgIpc) is 2.96. The first-order chi connectivity index (χ1) is 10.6. The van der Waals surface area contributed by atoms with Crippen molar-refractivity contribution >= 4 is 22.5 Å². The van der Waals surface area contributed by atoms with Crippen LogP contribution in [-0.4, -0.2) is 38.9 Å². The van der Waals surface area contributed by atoms with E-state index in [1.165, 1.54) is 0 Å². The van der Waals surface area contributed by atoms with Gasteiger partial charge >= 0.3 is 0 Å². The molecule has 5 nitrogen and oxygen atoms in total. The molecule has 6 heteroatoms. The molecular formula is C16H20N2O3S. The highest BCUT2D eigenvalue weighted by molar-refractivity contribution is 7.91. The van der Waals surface area contributed by atoms with Gasteiger partial charge in [0.15, 0.2) is 0 Å². The van der Waals surface area contributed by atoms with Crippen molar-refractivity contribution in [2.45, 2.75) is 25.9 Å². The molecule has 0 bridgehead atoms. The molecule has 1 aliphatic rings. The Kier molecular flexibility index (Phi) is 4.31. The van der Waals surface area contributed by atoms with Crippen LogP contribution >= 0.6 is 0 Å². The van der Waals surface area contributed by atoms with Gasteiger partial charge in [0.25, 0.3) is 0 Å². The minimum Gasteiger partial charge on any atom is -0.616 e. The summed E-state index contributed by atoms with van der Waals surface area (Å²) >= 11 is -0.671. The zero-order valence-electron chi connectivity index (χ0n) is 12.9. The predicted molar refractivity (Wildman–Crippen MR) is 87.5 cm³/mol. The highest BCUT2D eigenvalue weighted by Crippen LogP contribution is 2.27. The minimum absolute atomic E-state index is 0.137. The number of fused-ring (bicyclic) bond motifs is 1. The molecule has 2 aromatic rings. The van der Waals surface area contributed by atoms with Gasteiger partial charge in [-0.05, 0) is 19.1 Å². The lowest BCUT2D eigenvalue weighted by atomic mass is 10.2. The number of hydrogen-bond acceptors (Lipinski definition) is 4. The van der Waals surface area contributed by atoms with Crippen LogP contribution in [0.3, 0.4) is 0 Å². The van der Waals surface area contributed by atoms with Crippen LogP contribution in [-0.2, 0) is 15.9 Å². The maximum absolute atomic E-state index is 11.4. The van der Waals surface area contributed by atoms with Crippen molar-refractivity contribution in [3.05, 3.63) is 36.2 Å². The van der Waals surface area contributed by atoms with Gasteiger partial charge in [-0.2, -0.15) is 5.10 Å². The second kappa shape index (κ2) is 6.22. The third kappa shape index (κ3) is 2.80. The highest BCUT2D eigenvalue weighted by atomic mass is 32.2. The standard InChI is InChI=1S/C16H20N2O3S/c1-11-16(21-13-6-8-22(19)9-7-13)5-4-15-14(12(2)20-3)10-17-18(11)15/h4-5,10,13H,2,6-9H2,1,3H3. The number of aromatic nitrogens is 2. The average molecular weight is 320 g/mol. The van der Waals surface area contributed by atoms with E-state index in [-0.39, 0.29) is 6.10 Å². The molecule has 22 heavy (non-hydrogen) atoms. The quantitative estimate of drug-likeness (QED) is 0.642. The lowest BCUT2D eigenvalue weighted by Gasteiger charge is -2.25. The van der Waals surface area contributed by atoms with Crippen LogP contribution in [0.4, 0.5) is 0 Å². The lowest BCUT2D eigenvalue weighted by Crippen LogP contribution is -2.31. The van der Waals surface area contributed by atoms with Crippen molar-refractivity contribution in [3.63, 3.8) is 0 Å². The SMILES string of the molecule is C=C(OC)c1cnn2c(C)c(OC3CC[S+]([O-])CC3)ccc12. The van der Waals surface area contributed by atoms with Crippen molar-refractivity contribution in [3.8, 4) is 5.75 Å². The molecule has 0 radical (unpaired) electrons. The summed E-state index contributed by atoms with van der Waals surface area (Å²) in [6, 6.07) is 3.93. The Labute approximate surface area is 133 Å². The van der Waals surface area contributed by atoms with E-state index < -0.39 is 11.2 Å². The van der Waals surface area contributed by atoms with Crippen molar-refractivity contribution in [2.24, 2.45) is 0 Å². The first kappa shape index (κ1) is 15.2. The molecule has 0 aliphatic carbocycles. The highest BCUT2D eigenvalue weighted by Gasteiger charge is 2.24. The first-order valence-corrected chi connectivity index (χ1v) is 8.81. The van der Waals surface area contributed by atoms with Gasteiger partial charge in [0.1, 0.15) is 29.1 Å². The van der Waals surface area contributed by atoms with Crippen molar-refractivity contribution < 1.29 is 14.0 Å². The second-order valence-corrected chi connectivity index (χ2v) is 7.13. The van der Waals surface area contributed by atoms with E-state index in [2.05, 4.69) is 11.7 Å². The molecule has 0 aromatic carbocycles. The number of methoxy groups -OCH3 is 1. The molecule has 0 spiro atoms. The maximum Gasteiger partial charge on any atom is 0.141 e. The normalized spacial score (nSPS) is 21.8. The molecule has 0 saturated carbocycles. The smallest absolute Gasteiger partial charge is 0.141 e. The molecule has 0 atom stereocenters. The fraction of sp³-hybridized carbons (Fsp3) is 0.438. The Morgan fingerprint density at radius 1 is 1.41 bits per heavy atom. The number of hydrogen-bond donors (Lipinski definition) is 0. The minimum atomic E-state index is -0.671. The van der Waals surface area contributed by atoms with Crippen molar-refractivity contribution in [2.75, 3.05) is 18.6 Å². The van der Waals surface area contributed by atoms with Gasteiger partial charge in [-0.1, -0.05) is 17.8 Å². The van der Waals surface area contributed by atoms with Crippen molar-refractivity contribution in [1.29, 1.82) is 0 Å². The van der Waals surface area contributed by atoms with Crippen LogP contribution in [0, 0.1) is 6.92 Å². The third-order valence-electron chi connectivity index (χ3n) is 4.05. The molecule has 0 unspecified atom stereocenters. The predicted octanol–water partition coefficient (Wildman–Crippen LogP) is 2.55. The lowest BCUT2D eigenvalue weighted by molar-refractivity contribution is 0.187. The van der Waals surface area contributed by atoms with Gasteiger partial charge in [0, 0.05) is 12.8 Å². The summed E-state index contributed by atoms with van der Waals surface area (Å²) < 4.78 is 24.5. The molecule has 1 saturated heterocycles. The van der Waals surface area contributed by atoms with E-state index in [1.54, 1.807) is 13.3 Å². The van der Waals surface area contributed by atoms with Gasteiger partial charge < -0.3 is 14.0 Å². The fourth-order valence-corrected chi connectivity index (χ4v) is 3.94. The Bertz CT molecular complexity index is 690. The first-order valence-electron chi connectivity index (χ1n) is 7.32. The summed E-state index contributed by atoms with van der Waals surface area (Å²) in [7, 11) is 1.60. The number of aryl methyl sites for hydroxylation is 1. The Morgan fingerprint density at radius 2 is 2.14 bits per heavy atom. The summed E-state index contributed by atoms with van der Waals surface area (Å²) in [5.41, 5.74) is 2.77. The molecule has 3 rings (SSSR count). The van der Waals surface area contributed by atoms with Crippen LogP contribution in [0.15, 0.2) is 24.9 Å². The van der Waals surface area contributed by atoms with Crippen LogP contribution in [0.2, 0.25) is 0 Å². The molecule has 0 amide bonds. The van der Waals surface area contributed by atoms with Crippen molar-refractivity contribution in [1.82, 2.24) is 9.61 Å². The molecule has 3 heterocycles. The van der Waals surface area contributed by atoms with Crippen LogP contribution < -0.4 is 4.74 Å². The molecule has 0 N–H and O–H groups in total. The number of nitrogens with zero attached hydrogens (tertiary/aromatic N) is 2. The molecule has 1 fully saturated rings.